The van der Waals surface area contributed by atoms with Crippen molar-refractivity contribution < 1.29 is 9.21 Å². The van der Waals surface area contributed by atoms with E-state index in [2.05, 4.69) is 9.97 Å². The molecule has 0 bridgehead atoms. The molecular formula is C14H9N3O3S. The first kappa shape index (κ1) is 12.1. The van der Waals surface area contributed by atoms with Crippen LogP contribution >= 0.6 is 11.3 Å². The number of hydrogen-bond donors (Lipinski definition) is 1. The molecule has 0 amide bonds. The third-order valence-electron chi connectivity index (χ3n) is 3.41. The molecule has 0 saturated heterocycles. The van der Waals surface area contributed by atoms with Crippen molar-refractivity contribution >= 4 is 33.7 Å². The Labute approximate surface area is 121 Å². The molecule has 0 fully saturated rings. The number of aryl methyl sites for hydroxylation is 1. The fourth-order valence-electron chi connectivity index (χ4n) is 2.43. The van der Waals surface area contributed by atoms with Crippen LogP contribution in [0.15, 0.2) is 32.8 Å². The average Bonchev–Trinajstić information content (AvgIpc) is 3.09. The average molecular weight is 299 g/mol. The number of oxazole rings is 1. The first-order valence-electron chi connectivity index (χ1n) is 6.22. The normalized spacial score (nSPS) is 11.5. The summed E-state index contributed by atoms with van der Waals surface area (Å²) in [6.45, 7) is 1.81. The first-order chi connectivity index (χ1) is 10.2. The Morgan fingerprint density at radius 2 is 2.29 bits per heavy atom. The molecule has 0 saturated carbocycles. The van der Waals surface area contributed by atoms with Gasteiger partial charge in [0.25, 0.3) is 0 Å². The zero-order chi connectivity index (χ0) is 14.6. The summed E-state index contributed by atoms with van der Waals surface area (Å²) >= 11 is 1.46. The Morgan fingerprint density at radius 1 is 1.43 bits per heavy atom. The standard InChI is InChI=1S/C14H9N3O3S/c1-7-10(5-18)17-11(6-21-13(17)15-7)8-2-3-9-12(4-8)20-14(19)16-9/h2-6H,1H3,(H,16,19). The highest BCUT2D eigenvalue weighted by Gasteiger charge is 2.15. The van der Waals surface area contributed by atoms with Gasteiger partial charge in [0.15, 0.2) is 16.8 Å². The van der Waals surface area contributed by atoms with E-state index in [1.54, 1.807) is 12.1 Å². The Kier molecular flexibility index (Phi) is 2.40. The molecular weight excluding hydrogens is 290 g/mol. The van der Waals surface area contributed by atoms with E-state index in [0.29, 0.717) is 22.5 Å². The van der Waals surface area contributed by atoms with Crippen LogP contribution in [0.3, 0.4) is 0 Å². The van der Waals surface area contributed by atoms with Crippen molar-refractivity contribution in [1.82, 2.24) is 14.4 Å². The van der Waals surface area contributed by atoms with Crippen molar-refractivity contribution in [2.75, 3.05) is 0 Å². The first-order valence-corrected chi connectivity index (χ1v) is 7.10. The molecule has 4 rings (SSSR count). The van der Waals surface area contributed by atoms with Crippen LogP contribution in [0.4, 0.5) is 0 Å². The van der Waals surface area contributed by atoms with Gasteiger partial charge in [-0.05, 0) is 19.1 Å². The molecule has 0 spiro atoms. The van der Waals surface area contributed by atoms with E-state index in [9.17, 15) is 9.59 Å². The molecule has 0 unspecified atom stereocenters. The summed E-state index contributed by atoms with van der Waals surface area (Å²) in [4.78, 5) is 30.2. The summed E-state index contributed by atoms with van der Waals surface area (Å²) in [7, 11) is 0. The van der Waals surface area contributed by atoms with E-state index in [-0.39, 0.29) is 0 Å². The maximum atomic E-state index is 11.3. The minimum atomic E-state index is -0.482. The van der Waals surface area contributed by atoms with Gasteiger partial charge in [0.05, 0.1) is 16.9 Å². The van der Waals surface area contributed by atoms with Gasteiger partial charge < -0.3 is 4.42 Å². The van der Waals surface area contributed by atoms with Crippen LogP contribution in [-0.4, -0.2) is 20.7 Å². The van der Waals surface area contributed by atoms with Gasteiger partial charge in [0.1, 0.15) is 5.69 Å². The number of rotatable bonds is 2. The molecule has 4 aromatic rings. The second-order valence-corrected chi connectivity index (χ2v) is 5.50. The van der Waals surface area contributed by atoms with Crippen molar-refractivity contribution in [2.24, 2.45) is 0 Å². The van der Waals surface area contributed by atoms with Crippen LogP contribution in [0.25, 0.3) is 27.3 Å². The lowest BCUT2D eigenvalue weighted by Gasteiger charge is -2.01. The number of aldehydes is 1. The molecule has 6 nitrogen and oxygen atoms in total. The second kappa shape index (κ2) is 4.16. The van der Waals surface area contributed by atoms with Gasteiger partial charge in [-0.1, -0.05) is 6.07 Å². The topological polar surface area (TPSA) is 80.4 Å². The summed E-state index contributed by atoms with van der Waals surface area (Å²) in [6.07, 6.45) is 0.806. The molecule has 0 radical (unpaired) electrons. The molecule has 1 aromatic carbocycles. The van der Waals surface area contributed by atoms with Gasteiger partial charge in [0.2, 0.25) is 0 Å². The van der Waals surface area contributed by atoms with Crippen molar-refractivity contribution in [3.05, 3.63) is 45.5 Å². The lowest BCUT2D eigenvalue weighted by atomic mass is 10.1. The molecule has 1 N–H and O–H groups in total. The number of carbonyl (C=O) groups is 1. The molecule has 0 aliphatic carbocycles. The molecule has 104 valence electrons. The Morgan fingerprint density at radius 3 is 3.10 bits per heavy atom. The molecule has 3 aromatic heterocycles. The molecule has 7 heteroatoms. The number of thiazole rings is 1. The Balaban J connectivity index is 2.03. The SMILES string of the molecule is Cc1nc2scc(-c3ccc4[nH]c(=O)oc4c3)n2c1C=O. The van der Waals surface area contributed by atoms with Gasteiger partial charge in [-0.3, -0.25) is 14.2 Å². The number of nitrogens with one attached hydrogen (secondary N) is 1. The van der Waals surface area contributed by atoms with Gasteiger partial charge in [-0.2, -0.15) is 0 Å². The van der Waals surface area contributed by atoms with Crippen LogP contribution in [0, 0.1) is 6.92 Å². The Bertz CT molecular complexity index is 1050. The van der Waals surface area contributed by atoms with Crippen LogP contribution in [0.1, 0.15) is 16.2 Å². The lowest BCUT2D eigenvalue weighted by molar-refractivity contribution is 0.111. The highest BCUT2D eigenvalue weighted by atomic mass is 32.1. The monoisotopic (exact) mass is 299 g/mol. The van der Waals surface area contributed by atoms with E-state index in [1.165, 1.54) is 11.3 Å². The zero-order valence-electron chi connectivity index (χ0n) is 10.9. The number of nitrogens with zero attached hydrogens (tertiary/aromatic N) is 2. The van der Waals surface area contributed by atoms with Crippen LogP contribution < -0.4 is 5.76 Å². The quantitative estimate of drug-likeness (QED) is 0.577. The highest BCUT2D eigenvalue weighted by molar-refractivity contribution is 7.15. The summed E-state index contributed by atoms with van der Waals surface area (Å²) in [5.74, 6) is -0.482. The zero-order valence-corrected chi connectivity index (χ0v) is 11.7. The fourth-order valence-corrected chi connectivity index (χ4v) is 3.38. The number of benzene rings is 1. The largest absolute Gasteiger partial charge is 0.417 e. The third-order valence-corrected chi connectivity index (χ3v) is 4.24. The number of H-pyrrole nitrogens is 1. The molecule has 0 aliphatic rings. The van der Waals surface area contributed by atoms with Crippen LogP contribution in [0.5, 0.6) is 0 Å². The fraction of sp³-hybridized carbons (Fsp3) is 0.0714. The minimum Gasteiger partial charge on any atom is -0.408 e. The van der Waals surface area contributed by atoms with Crippen molar-refractivity contribution in [1.29, 1.82) is 0 Å². The van der Waals surface area contributed by atoms with Gasteiger partial charge >= 0.3 is 5.76 Å². The summed E-state index contributed by atoms with van der Waals surface area (Å²) in [6, 6.07) is 5.43. The second-order valence-electron chi connectivity index (χ2n) is 4.66. The summed E-state index contributed by atoms with van der Waals surface area (Å²) in [5.41, 5.74) is 4.08. The minimum absolute atomic E-state index is 0.482. The van der Waals surface area contributed by atoms with Crippen molar-refractivity contribution in [3.8, 4) is 11.3 Å². The molecule has 21 heavy (non-hydrogen) atoms. The van der Waals surface area contributed by atoms with E-state index < -0.39 is 5.76 Å². The lowest BCUT2D eigenvalue weighted by Crippen LogP contribution is -1.93. The van der Waals surface area contributed by atoms with E-state index in [1.807, 2.05) is 22.8 Å². The summed E-state index contributed by atoms with van der Waals surface area (Å²) in [5, 5.41) is 1.93. The van der Waals surface area contributed by atoms with E-state index in [0.717, 1.165) is 22.5 Å². The number of fused-ring (bicyclic) bond motifs is 2. The number of aromatic amines is 1. The number of hydrogen-bond acceptors (Lipinski definition) is 5. The van der Waals surface area contributed by atoms with Crippen LogP contribution in [-0.2, 0) is 0 Å². The predicted octanol–water partition coefficient (Wildman–Crippen LogP) is 2.62. The number of carbonyl (C=O) groups excluding carboxylic acids is 1. The number of imidazole rings is 1. The highest BCUT2D eigenvalue weighted by Crippen LogP contribution is 2.29. The predicted molar refractivity (Wildman–Crippen MR) is 79.0 cm³/mol. The van der Waals surface area contributed by atoms with E-state index in [4.69, 9.17) is 4.42 Å². The maximum absolute atomic E-state index is 11.3. The summed E-state index contributed by atoms with van der Waals surface area (Å²) < 4.78 is 6.90. The number of aromatic nitrogens is 3. The van der Waals surface area contributed by atoms with Gasteiger partial charge in [-0.15, -0.1) is 11.3 Å². The molecule has 3 heterocycles. The van der Waals surface area contributed by atoms with Gasteiger partial charge in [0, 0.05) is 10.9 Å². The maximum Gasteiger partial charge on any atom is 0.417 e. The molecule has 0 aliphatic heterocycles. The van der Waals surface area contributed by atoms with Gasteiger partial charge in [-0.25, -0.2) is 9.78 Å². The third kappa shape index (κ3) is 1.67. The van der Waals surface area contributed by atoms with Crippen molar-refractivity contribution in [2.45, 2.75) is 6.92 Å². The van der Waals surface area contributed by atoms with E-state index >= 15 is 0 Å². The molecule has 0 atom stereocenters. The Hall–Kier alpha value is -2.67. The van der Waals surface area contributed by atoms with Crippen LogP contribution in [0.2, 0.25) is 0 Å². The van der Waals surface area contributed by atoms with Crippen molar-refractivity contribution in [3.63, 3.8) is 0 Å². The smallest absolute Gasteiger partial charge is 0.408 e.